The molecule has 0 amide bonds. The van der Waals surface area contributed by atoms with Crippen molar-refractivity contribution in [3.63, 3.8) is 0 Å². The lowest BCUT2D eigenvalue weighted by Gasteiger charge is -2.30. The highest BCUT2D eigenvalue weighted by Crippen LogP contribution is 2.46. The van der Waals surface area contributed by atoms with Crippen LogP contribution < -0.4 is 0 Å². The summed E-state index contributed by atoms with van der Waals surface area (Å²) in [4.78, 5) is 0. The third kappa shape index (κ3) is 1.60. The molecule has 1 rings (SSSR count). The maximum atomic E-state index is 12.9. The van der Waals surface area contributed by atoms with E-state index in [0.29, 0.717) is 6.42 Å². The van der Waals surface area contributed by atoms with Crippen LogP contribution in [0, 0.1) is 11.3 Å². The van der Waals surface area contributed by atoms with Gasteiger partial charge in [-0.2, -0.15) is 0 Å². The normalized spacial score (nSPS) is 35.5. The van der Waals surface area contributed by atoms with Gasteiger partial charge in [0.2, 0.25) is 0 Å². The van der Waals surface area contributed by atoms with Crippen molar-refractivity contribution in [2.75, 3.05) is 0 Å². The Hall–Kier alpha value is -0.180. The van der Waals surface area contributed by atoms with E-state index < -0.39 is 12.0 Å². The molecule has 0 radical (unpaired) electrons. The SMILES string of the molecule is CC(C)(C)[C@@H]1CCC(F)(F)[C@@H]1O. The summed E-state index contributed by atoms with van der Waals surface area (Å²) in [6.45, 7) is 5.67. The van der Waals surface area contributed by atoms with E-state index in [1.54, 1.807) is 0 Å². The van der Waals surface area contributed by atoms with Crippen molar-refractivity contribution < 1.29 is 13.9 Å². The number of alkyl halides is 2. The van der Waals surface area contributed by atoms with Crippen LogP contribution in [0.2, 0.25) is 0 Å². The molecule has 0 heterocycles. The number of hydrogen-bond acceptors (Lipinski definition) is 1. The van der Waals surface area contributed by atoms with Crippen LogP contribution in [-0.4, -0.2) is 17.1 Å². The summed E-state index contributed by atoms with van der Waals surface area (Å²) in [5, 5.41) is 9.30. The smallest absolute Gasteiger partial charge is 0.273 e. The van der Waals surface area contributed by atoms with Crippen molar-refractivity contribution in [2.24, 2.45) is 11.3 Å². The molecule has 12 heavy (non-hydrogen) atoms. The summed E-state index contributed by atoms with van der Waals surface area (Å²) < 4.78 is 25.7. The standard InChI is InChI=1S/C9H16F2O/c1-8(2,3)6-4-5-9(10,11)7(6)12/h6-7,12H,4-5H2,1-3H3/t6-,7-/m1/s1. The molecule has 0 aromatic carbocycles. The molecule has 1 fully saturated rings. The van der Waals surface area contributed by atoms with Gasteiger partial charge in [0, 0.05) is 6.42 Å². The zero-order valence-corrected chi connectivity index (χ0v) is 7.77. The topological polar surface area (TPSA) is 20.2 Å². The number of hydrogen-bond donors (Lipinski definition) is 1. The fourth-order valence-corrected chi connectivity index (χ4v) is 1.85. The van der Waals surface area contributed by atoms with E-state index in [0.717, 1.165) is 0 Å². The predicted molar refractivity (Wildman–Crippen MR) is 43.1 cm³/mol. The lowest BCUT2D eigenvalue weighted by molar-refractivity contribution is -0.110. The van der Waals surface area contributed by atoms with E-state index >= 15 is 0 Å². The highest BCUT2D eigenvalue weighted by atomic mass is 19.3. The van der Waals surface area contributed by atoms with Crippen LogP contribution >= 0.6 is 0 Å². The first-order valence-corrected chi connectivity index (χ1v) is 4.31. The van der Waals surface area contributed by atoms with Crippen molar-refractivity contribution in [2.45, 2.75) is 45.6 Å². The second-order valence-corrected chi connectivity index (χ2v) is 4.72. The minimum absolute atomic E-state index is 0.171. The van der Waals surface area contributed by atoms with Crippen molar-refractivity contribution in [3.8, 4) is 0 Å². The third-order valence-electron chi connectivity index (χ3n) is 2.71. The van der Waals surface area contributed by atoms with Gasteiger partial charge in [0.25, 0.3) is 5.92 Å². The van der Waals surface area contributed by atoms with E-state index in [1.165, 1.54) is 0 Å². The van der Waals surface area contributed by atoms with Crippen molar-refractivity contribution in [1.29, 1.82) is 0 Å². The fourth-order valence-electron chi connectivity index (χ4n) is 1.85. The minimum Gasteiger partial charge on any atom is -0.387 e. The minimum atomic E-state index is -2.86. The molecule has 1 aliphatic rings. The Morgan fingerprint density at radius 1 is 1.33 bits per heavy atom. The van der Waals surface area contributed by atoms with Crippen LogP contribution in [0.4, 0.5) is 8.78 Å². The average Bonchev–Trinajstić information content (AvgIpc) is 2.06. The molecule has 0 bridgehead atoms. The van der Waals surface area contributed by atoms with Gasteiger partial charge in [-0.3, -0.25) is 0 Å². The molecule has 1 nitrogen and oxygen atoms in total. The van der Waals surface area contributed by atoms with Gasteiger partial charge in [-0.15, -0.1) is 0 Å². The Kier molecular flexibility index (Phi) is 2.19. The molecule has 0 unspecified atom stereocenters. The summed E-state index contributed by atoms with van der Waals surface area (Å²) >= 11 is 0. The Bertz CT molecular complexity index is 172. The van der Waals surface area contributed by atoms with Gasteiger partial charge in [0.05, 0.1) is 0 Å². The molecule has 3 heteroatoms. The Morgan fingerprint density at radius 3 is 2.00 bits per heavy atom. The lowest BCUT2D eigenvalue weighted by Crippen LogP contribution is -2.36. The molecular formula is C9H16F2O. The third-order valence-corrected chi connectivity index (χ3v) is 2.71. The maximum Gasteiger partial charge on any atom is 0.273 e. The predicted octanol–water partition coefficient (Wildman–Crippen LogP) is 2.44. The van der Waals surface area contributed by atoms with Crippen LogP contribution in [0.3, 0.4) is 0 Å². The fraction of sp³-hybridized carbons (Fsp3) is 1.00. The molecule has 0 spiro atoms. The number of rotatable bonds is 0. The van der Waals surface area contributed by atoms with Gasteiger partial charge < -0.3 is 5.11 Å². The van der Waals surface area contributed by atoms with E-state index in [9.17, 15) is 13.9 Å². The highest BCUT2D eigenvalue weighted by Gasteiger charge is 2.52. The summed E-state index contributed by atoms with van der Waals surface area (Å²) in [6.07, 6.45) is -1.19. The number of aliphatic hydroxyl groups excluding tert-OH is 1. The molecule has 0 aromatic heterocycles. The highest BCUT2D eigenvalue weighted by molar-refractivity contribution is 4.95. The molecule has 1 aliphatic carbocycles. The summed E-state index contributed by atoms with van der Waals surface area (Å²) in [5.41, 5.74) is -0.223. The Labute approximate surface area is 71.8 Å². The molecule has 0 aliphatic heterocycles. The molecule has 1 N–H and O–H groups in total. The summed E-state index contributed by atoms with van der Waals surface area (Å²) in [6, 6.07) is 0. The zero-order chi connectivity index (χ0) is 9.57. The van der Waals surface area contributed by atoms with Crippen LogP contribution in [0.15, 0.2) is 0 Å². The second-order valence-electron chi connectivity index (χ2n) is 4.72. The van der Waals surface area contributed by atoms with Gasteiger partial charge in [0.1, 0.15) is 6.10 Å². The van der Waals surface area contributed by atoms with E-state index in [2.05, 4.69) is 0 Å². The second kappa shape index (κ2) is 2.66. The van der Waals surface area contributed by atoms with Gasteiger partial charge in [0.15, 0.2) is 0 Å². The average molecular weight is 178 g/mol. The molecular weight excluding hydrogens is 162 g/mol. The van der Waals surface area contributed by atoms with Crippen LogP contribution in [0.25, 0.3) is 0 Å². The Morgan fingerprint density at radius 2 is 1.83 bits per heavy atom. The zero-order valence-electron chi connectivity index (χ0n) is 7.77. The molecule has 2 atom stereocenters. The monoisotopic (exact) mass is 178 g/mol. The van der Waals surface area contributed by atoms with Crippen LogP contribution in [0.5, 0.6) is 0 Å². The molecule has 72 valence electrons. The number of aliphatic hydroxyl groups is 1. The van der Waals surface area contributed by atoms with Crippen LogP contribution in [0.1, 0.15) is 33.6 Å². The molecule has 0 saturated heterocycles. The van der Waals surface area contributed by atoms with E-state index in [4.69, 9.17) is 0 Å². The Balaban J connectivity index is 2.74. The first-order chi connectivity index (χ1) is 5.25. The molecule has 0 aromatic rings. The van der Waals surface area contributed by atoms with Crippen molar-refractivity contribution in [1.82, 2.24) is 0 Å². The largest absolute Gasteiger partial charge is 0.387 e. The first kappa shape index (κ1) is 9.90. The lowest BCUT2D eigenvalue weighted by atomic mass is 9.78. The van der Waals surface area contributed by atoms with Crippen molar-refractivity contribution in [3.05, 3.63) is 0 Å². The summed E-state index contributed by atoms with van der Waals surface area (Å²) in [5.74, 6) is -3.13. The van der Waals surface area contributed by atoms with Gasteiger partial charge in [-0.05, 0) is 17.8 Å². The number of halogens is 2. The van der Waals surface area contributed by atoms with Gasteiger partial charge in [-0.1, -0.05) is 20.8 Å². The molecule has 1 saturated carbocycles. The van der Waals surface area contributed by atoms with E-state index in [1.807, 2.05) is 20.8 Å². The van der Waals surface area contributed by atoms with Crippen LogP contribution in [-0.2, 0) is 0 Å². The maximum absolute atomic E-state index is 12.9. The quantitative estimate of drug-likeness (QED) is 0.604. The van der Waals surface area contributed by atoms with E-state index in [-0.39, 0.29) is 17.8 Å². The van der Waals surface area contributed by atoms with Gasteiger partial charge >= 0.3 is 0 Å². The summed E-state index contributed by atoms with van der Waals surface area (Å²) in [7, 11) is 0. The van der Waals surface area contributed by atoms with Crippen molar-refractivity contribution >= 4 is 0 Å². The van der Waals surface area contributed by atoms with Gasteiger partial charge in [-0.25, -0.2) is 8.78 Å². The first-order valence-electron chi connectivity index (χ1n) is 4.31.